The Kier molecular flexibility index (Phi) is 3.69. The third-order valence-corrected chi connectivity index (χ3v) is 4.15. The summed E-state index contributed by atoms with van der Waals surface area (Å²) in [4.78, 5) is 4.41. The first-order valence-corrected chi connectivity index (χ1v) is 7.27. The van der Waals surface area contributed by atoms with Crippen molar-refractivity contribution in [3.8, 4) is 0 Å². The first-order valence-electron chi connectivity index (χ1n) is 6.89. The summed E-state index contributed by atoms with van der Waals surface area (Å²) in [6, 6.07) is 3.84. The molecule has 0 aliphatic carbocycles. The van der Waals surface area contributed by atoms with Crippen molar-refractivity contribution in [1.82, 2.24) is 19.3 Å². The van der Waals surface area contributed by atoms with Crippen molar-refractivity contribution in [2.45, 2.75) is 26.5 Å². The Bertz CT molecular complexity index is 790. The number of pyridine rings is 1. The van der Waals surface area contributed by atoms with Crippen LogP contribution >= 0.6 is 11.6 Å². The summed E-state index contributed by atoms with van der Waals surface area (Å²) in [5.41, 5.74) is 3.56. The number of aliphatic hydroxyl groups is 1. The van der Waals surface area contributed by atoms with Crippen molar-refractivity contribution in [3.05, 3.63) is 46.5 Å². The Labute approximate surface area is 127 Å². The zero-order valence-corrected chi connectivity index (χ0v) is 12.8. The number of hydrogen-bond acceptors (Lipinski definition) is 3. The summed E-state index contributed by atoms with van der Waals surface area (Å²) in [5.74, 6) is 0. The molecule has 0 atom stereocenters. The van der Waals surface area contributed by atoms with E-state index in [1.165, 1.54) is 0 Å². The maximum Gasteiger partial charge on any atom is 0.140 e. The number of rotatable bonds is 4. The highest BCUT2D eigenvalue weighted by atomic mass is 35.5. The minimum atomic E-state index is -0.00543. The van der Waals surface area contributed by atoms with E-state index in [1.807, 2.05) is 41.5 Å². The van der Waals surface area contributed by atoms with Gasteiger partial charge >= 0.3 is 0 Å². The summed E-state index contributed by atoms with van der Waals surface area (Å²) in [6.45, 7) is 2.61. The second-order valence-corrected chi connectivity index (χ2v) is 5.38. The lowest BCUT2D eigenvalue weighted by Crippen LogP contribution is -2.05. The fourth-order valence-electron chi connectivity index (χ4n) is 2.59. The largest absolute Gasteiger partial charge is 0.392 e. The number of aryl methyl sites for hydroxylation is 2. The van der Waals surface area contributed by atoms with Crippen LogP contribution in [0.1, 0.15) is 23.9 Å². The molecule has 1 N–H and O–H groups in total. The third-order valence-electron chi connectivity index (χ3n) is 3.71. The maximum atomic E-state index is 9.48. The quantitative estimate of drug-likeness (QED) is 0.806. The van der Waals surface area contributed by atoms with E-state index in [4.69, 9.17) is 11.6 Å². The van der Waals surface area contributed by atoms with Gasteiger partial charge in [-0.3, -0.25) is 4.68 Å². The summed E-state index contributed by atoms with van der Waals surface area (Å²) < 4.78 is 3.82. The molecule has 0 aliphatic heterocycles. The predicted octanol–water partition coefficient (Wildman–Crippen LogP) is 2.53. The molecule has 0 spiro atoms. The Balaban J connectivity index is 2.08. The number of aliphatic hydroxyl groups excluding tert-OH is 1. The topological polar surface area (TPSA) is 55.9 Å². The van der Waals surface area contributed by atoms with E-state index in [9.17, 15) is 5.11 Å². The number of halogens is 1. The van der Waals surface area contributed by atoms with Crippen LogP contribution in [0.15, 0.2) is 24.5 Å². The summed E-state index contributed by atoms with van der Waals surface area (Å²) >= 11 is 6.41. The van der Waals surface area contributed by atoms with Crippen LogP contribution in [0.4, 0.5) is 0 Å². The smallest absolute Gasteiger partial charge is 0.140 e. The van der Waals surface area contributed by atoms with E-state index in [-0.39, 0.29) is 6.61 Å². The van der Waals surface area contributed by atoms with Crippen LogP contribution in [0.5, 0.6) is 0 Å². The zero-order chi connectivity index (χ0) is 15.0. The van der Waals surface area contributed by atoms with Crippen molar-refractivity contribution in [3.63, 3.8) is 0 Å². The van der Waals surface area contributed by atoms with Crippen molar-refractivity contribution in [2.24, 2.45) is 7.05 Å². The van der Waals surface area contributed by atoms with Crippen LogP contribution < -0.4 is 0 Å². The van der Waals surface area contributed by atoms with E-state index >= 15 is 0 Å². The second kappa shape index (κ2) is 5.50. The Hall–Kier alpha value is -1.85. The minimum Gasteiger partial charge on any atom is -0.392 e. The molecule has 0 aromatic carbocycles. The number of nitrogens with zero attached hydrogens (tertiary/aromatic N) is 4. The highest BCUT2D eigenvalue weighted by molar-refractivity contribution is 6.31. The van der Waals surface area contributed by atoms with Gasteiger partial charge in [-0.15, -0.1) is 0 Å². The normalized spacial score (nSPS) is 11.4. The molecule has 3 heterocycles. The molecule has 21 heavy (non-hydrogen) atoms. The summed E-state index contributed by atoms with van der Waals surface area (Å²) in [5, 5.41) is 15.6. The lowest BCUT2D eigenvalue weighted by atomic mass is 10.2. The van der Waals surface area contributed by atoms with Crippen LogP contribution in [0.25, 0.3) is 11.0 Å². The van der Waals surface area contributed by atoms with Gasteiger partial charge in [0.1, 0.15) is 5.65 Å². The molecule has 3 aromatic heterocycles. The van der Waals surface area contributed by atoms with Crippen LogP contribution in [-0.2, 0) is 26.6 Å². The molecule has 0 bridgehead atoms. The number of aromatic nitrogens is 4. The molecule has 0 aliphatic rings. The number of fused-ring (bicyclic) bond motifs is 1. The number of hydrogen-bond donors (Lipinski definition) is 1. The molecule has 0 saturated heterocycles. The van der Waals surface area contributed by atoms with Gasteiger partial charge in [0.25, 0.3) is 0 Å². The molecule has 3 aromatic rings. The van der Waals surface area contributed by atoms with Crippen molar-refractivity contribution < 1.29 is 5.11 Å². The van der Waals surface area contributed by atoms with E-state index in [0.717, 1.165) is 34.4 Å². The molecule has 0 unspecified atom stereocenters. The van der Waals surface area contributed by atoms with Crippen LogP contribution in [0, 0.1) is 0 Å². The molecule has 0 saturated carbocycles. The van der Waals surface area contributed by atoms with Crippen molar-refractivity contribution >= 4 is 22.6 Å². The fourth-order valence-corrected chi connectivity index (χ4v) is 2.95. The van der Waals surface area contributed by atoms with Crippen LogP contribution in [-0.4, -0.2) is 24.4 Å². The molecule has 110 valence electrons. The van der Waals surface area contributed by atoms with Gasteiger partial charge < -0.3 is 9.67 Å². The second-order valence-electron chi connectivity index (χ2n) is 5.00. The first kappa shape index (κ1) is 14.1. The molecule has 3 rings (SSSR count). The third kappa shape index (κ3) is 2.32. The average molecular weight is 305 g/mol. The maximum absolute atomic E-state index is 9.48. The first-order chi connectivity index (χ1) is 10.2. The Morgan fingerprint density at radius 1 is 1.38 bits per heavy atom. The minimum absolute atomic E-state index is 0.00543. The Morgan fingerprint density at radius 3 is 2.86 bits per heavy atom. The summed E-state index contributed by atoms with van der Waals surface area (Å²) in [7, 11) is 1.90. The molecular formula is C15H17ClN4O. The van der Waals surface area contributed by atoms with Gasteiger partial charge in [0.2, 0.25) is 0 Å². The Morgan fingerprint density at radius 2 is 2.19 bits per heavy atom. The van der Waals surface area contributed by atoms with Gasteiger partial charge in [-0.25, -0.2) is 4.98 Å². The molecule has 0 amide bonds. The highest BCUT2D eigenvalue weighted by Gasteiger charge is 2.16. The van der Waals surface area contributed by atoms with Gasteiger partial charge in [-0.2, -0.15) is 5.10 Å². The molecule has 5 nitrogen and oxygen atoms in total. The fraction of sp³-hybridized carbons (Fsp3) is 0.333. The van der Waals surface area contributed by atoms with Gasteiger partial charge in [-0.05, 0) is 18.6 Å². The molecule has 0 fully saturated rings. The lowest BCUT2D eigenvalue weighted by Gasteiger charge is -2.06. The lowest BCUT2D eigenvalue weighted by molar-refractivity contribution is 0.283. The molecule has 0 radical (unpaired) electrons. The standard InChI is InChI=1S/C15H17ClN4O/c1-3-12-14(16)13(19(2)18-12)8-20-7-10(9-21)11-5-4-6-17-15(11)20/h4-7,21H,3,8-9H2,1-2H3. The SMILES string of the molecule is CCc1nn(C)c(Cn2cc(CO)c3cccnc32)c1Cl. The molecule has 6 heteroatoms. The van der Waals surface area contributed by atoms with Crippen LogP contribution in [0.2, 0.25) is 5.02 Å². The van der Waals surface area contributed by atoms with Crippen molar-refractivity contribution in [2.75, 3.05) is 0 Å². The van der Waals surface area contributed by atoms with E-state index in [1.54, 1.807) is 6.20 Å². The van der Waals surface area contributed by atoms with Gasteiger partial charge in [0, 0.05) is 30.4 Å². The summed E-state index contributed by atoms with van der Waals surface area (Å²) in [6.07, 6.45) is 4.48. The van der Waals surface area contributed by atoms with Gasteiger partial charge in [0.15, 0.2) is 0 Å². The van der Waals surface area contributed by atoms with E-state index in [0.29, 0.717) is 11.6 Å². The average Bonchev–Trinajstić information content (AvgIpc) is 2.99. The van der Waals surface area contributed by atoms with E-state index in [2.05, 4.69) is 10.1 Å². The highest BCUT2D eigenvalue weighted by Crippen LogP contribution is 2.25. The molecular weight excluding hydrogens is 288 g/mol. The van der Waals surface area contributed by atoms with Gasteiger partial charge in [0.05, 0.1) is 29.6 Å². The van der Waals surface area contributed by atoms with E-state index < -0.39 is 0 Å². The monoisotopic (exact) mass is 304 g/mol. The van der Waals surface area contributed by atoms with Crippen molar-refractivity contribution in [1.29, 1.82) is 0 Å². The van der Waals surface area contributed by atoms with Crippen LogP contribution in [0.3, 0.4) is 0 Å². The predicted molar refractivity (Wildman–Crippen MR) is 82.4 cm³/mol. The zero-order valence-electron chi connectivity index (χ0n) is 12.0. The van der Waals surface area contributed by atoms with Gasteiger partial charge in [-0.1, -0.05) is 18.5 Å².